The molecule has 0 saturated heterocycles. The Bertz CT molecular complexity index is 695. The van der Waals surface area contributed by atoms with E-state index >= 15 is 0 Å². The number of carbonyl (C=O) groups excluding carboxylic acids is 4. The standard InChI is InChI=1S/C20H27NO8/c1-20(2,3)29-19(25)21-14(12-28-11-13-9-7-6-8-10-13)16(22)15(17(23)26-4)18(24)27-5/h6-10,14-15H,11-12H2,1-5H3,(H,21,25)/t14-/m0/s1. The average Bonchev–Trinajstić information content (AvgIpc) is 2.66. The van der Waals surface area contributed by atoms with E-state index in [9.17, 15) is 19.2 Å². The molecule has 160 valence electrons. The van der Waals surface area contributed by atoms with E-state index in [1.54, 1.807) is 20.8 Å². The summed E-state index contributed by atoms with van der Waals surface area (Å²) in [5.74, 6) is -4.98. The lowest BCUT2D eigenvalue weighted by molar-refractivity contribution is -0.162. The summed E-state index contributed by atoms with van der Waals surface area (Å²) >= 11 is 0. The third kappa shape index (κ3) is 8.30. The predicted molar refractivity (Wildman–Crippen MR) is 102 cm³/mol. The van der Waals surface area contributed by atoms with Crippen LogP contribution in [0.5, 0.6) is 0 Å². The number of ketones is 1. The van der Waals surface area contributed by atoms with Crippen molar-refractivity contribution in [2.24, 2.45) is 5.92 Å². The molecule has 0 bridgehead atoms. The normalized spacial score (nSPS) is 12.1. The summed E-state index contributed by atoms with van der Waals surface area (Å²) in [5.41, 5.74) is 0.0283. The highest BCUT2D eigenvalue weighted by molar-refractivity contribution is 6.17. The van der Waals surface area contributed by atoms with Gasteiger partial charge in [0, 0.05) is 0 Å². The molecule has 0 radical (unpaired) electrons. The van der Waals surface area contributed by atoms with E-state index in [-0.39, 0.29) is 13.2 Å². The van der Waals surface area contributed by atoms with Crippen LogP contribution in [0.25, 0.3) is 0 Å². The van der Waals surface area contributed by atoms with Crippen molar-refractivity contribution >= 4 is 23.8 Å². The highest BCUT2D eigenvalue weighted by Gasteiger charge is 2.41. The minimum Gasteiger partial charge on any atom is -0.468 e. The van der Waals surface area contributed by atoms with Crippen molar-refractivity contribution < 1.29 is 38.1 Å². The number of alkyl carbamates (subject to hydrolysis) is 1. The Morgan fingerprint density at radius 2 is 1.52 bits per heavy atom. The molecule has 9 heteroatoms. The summed E-state index contributed by atoms with van der Waals surface area (Å²) in [6.45, 7) is 4.82. The number of carbonyl (C=O) groups is 4. The minimum atomic E-state index is -1.86. The zero-order valence-corrected chi connectivity index (χ0v) is 17.2. The van der Waals surface area contributed by atoms with Crippen LogP contribution in [-0.4, -0.2) is 56.3 Å². The first-order valence-corrected chi connectivity index (χ1v) is 8.89. The quantitative estimate of drug-likeness (QED) is 0.371. The van der Waals surface area contributed by atoms with Crippen LogP contribution in [0.1, 0.15) is 26.3 Å². The van der Waals surface area contributed by atoms with Crippen molar-refractivity contribution in [3.05, 3.63) is 35.9 Å². The molecule has 0 heterocycles. The van der Waals surface area contributed by atoms with Crippen molar-refractivity contribution in [1.82, 2.24) is 5.32 Å². The van der Waals surface area contributed by atoms with Crippen LogP contribution in [0.3, 0.4) is 0 Å². The van der Waals surface area contributed by atoms with Gasteiger partial charge in [-0.05, 0) is 26.3 Å². The molecule has 29 heavy (non-hydrogen) atoms. The first kappa shape index (κ1) is 24.1. The molecule has 0 spiro atoms. The summed E-state index contributed by atoms with van der Waals surface area (Å²) in [4.78, 5) is 48.8. The third-order valence-electron chi connectivity index (χ3n) is 3.59. The van der Waals surface area contributed by atoms with Crippen LogP contribution in [0.4, 0.5) is 4.79 Å². The summed E-state index contributed by atoms with van der Waals surface area (Å²) in [6, 6.07) is 7.80. The van der Waals surface area contributed by atoms with Gasteiger partial charge in [-0.2, -0.15) is 0 Å². The second-order valence-electron chi connectivity index (χ2n) is 7.08. The van der Waals surface area contributed by atoms with Gasteiger partial charge in [-0.3, -0.25) is 14.4 Å². The van der Waals surface area contributed by atoms with Crippen LogP contribution in [0.2, 0.25) is 0 Å². The molecule has 1 aromatic carbocycles. The molecule has 1 rings (SSSR count). The van der Waals surface area contributed by atoms with Crippen LogP contribution >= 0.6 is 0 Å². The highest BCUT2D eigenvalue weighted by atomic mass is 16.6. The Hall–Kier alpha value is -2.94. The van der Waals surface area contributed by atoms with Gasteiger partial charge in [0.25, 0.3) is 0 Å². The summed E-state index contributed by atoms with van der Waals surface area (Å²) in [6.07, 6.45) is -0.896. The SMILES string of the molecule is COC(=O)C(C(=O)OC)C(=O)[C@H](COCc1ccccc1)NC(=O)OC(C)(C)C. The lowest BCUT2D eigenvalue weighted by Crippen LogP contribution is -2.51. The minimum absolute atomic E-state index is 0.154. The second kappa shape index (κ2) is 11.2. The molecule has 0 fully saturated rings. The Morgan fingerprint density at radius 1 is 0.966 bits per heavy atom. The zero-order chi connectivity index (χ0) is 22.0. The predicted octanol–water partition coefficient (Wildman–Crippen LogP) is 1.63. The number of nitrogens with one attached hydrogen (secondary N) is 1. The first-order chi connectivity index (χ1) is 13.6. The molecule has 0 unspecified atom stereocenters. The third-order valence-corrected chi connectivity index (χ3v) is 3.59. The van der Waals surface area contributed by atoms with Crippen molar-refractivity contribution in [1.29, 1.82) is 0 Å². The number of hydrogen-bond acceptors (Lipinski definition) is 8. The smallest absolute Gasteiger partial charge is 0.408 e. The maximum Gasteiger partial charge on any atom is 0.408 e. The average molecular weight is 409 g/mol. The van der Waals surface area contributed by atoms with E-state index in [1.807, 2.05) is 30.3 Å². The van der Waals surface area contributed by atoms with Crippen LogP contribution < -0.4 is 5.32 Å². The van der Waals surface area contributed by atoms with E-state index in [0.717, 1.165) is 19.8 Å². The zero-order valence-electron chi connectivity index (χ0n) is 17.2. The monoisotopic (exact) mass is 409 g/mol. The van der Waals surface area contributed by atoms with Crippen molar-refractivity contribution in [2.75, 3.05) is 20.8 Å². The molecule has 1 amide bonds. The van der Waals surface area contributed by atoms with E-state index in [4.69, 9.17) is 9.47 Å². The van der Waals surface area contributed by atoms with Crippen LogP contribution in [0.15, 0.2) is 30.3 Å². The number of hydrogen-bond donors (Lipinski definition) is 1. The number of ether oxygens (including phenoxy) is 4. The summed E-state index contributed by atoms with van der Waals surface area (Å²) < 4.78 is 19.7. The fourth-order valence-corrected chi connectivity index (χ4v) is 2.28. The molecular weight excluding hydrogens is 382 g/mol. The van der Waals surface area contributed by atoms with Gasteiger partial charge < -0.3 is 24.3 Å². The largest absolute Gasteiger partial charge is 0.468 e. The molecule has 0 aliphatic rings. The van der Waals surface area contributed by atoms with Gasteiger partial charge in [-0.15, -0.1) is 0 Å². The van der Waals surface area contributed by atoms with E-state index < -0.39 is 41.4 Å². The molecular formula is C20H27NO8. The van der Waals surface area contributed by atoms with Gasteiger partial charge in [0.15, 0.2) is 5.78 Å². The first-order valence-electron chi connectivity index (χ1n) is 8.89. The summed E-state index contributed by atoms with van der Waals surface area (Å²) in [5, 5.41) is 2.35. The van der Waals surface area contributed by atoms with Gasteiger partial charge >= 0.3 is 18.0 Å². The van der Waals surface area contributed by atoms with E-state index in [0.29, 0.717) is 0 Å². The lowest BCUT2D eigenvalue weighted by Gasteiger charge is -2.24. The Morgan fingerprint density at radius 3 is 2.00 bits per heavy atom. The van der Waals surface area contributed by atoms with Gasteiger partial charge in [0.2, 0.25) is 5.92 Å². The van der Waals surface area contributed by atoms with Crippen molar-refractivity contribution in [2.45, 2.75) is 39.0 Å². The number of benzene rings is 1. The Kier molecular flexibility index (Phi) is 9.27. The number of esters is 2. The van der Waals surface area contributed by atoms with Crippen molar-refractivity contribution in [3.63, 3.8) is 0 Å². The maximum absolute atomic E-state index is 12.8. The highest BCUT2D eigenvalue weighted by Crippen LogP contribution is 2.12. The number of rotatable bonds is 9. The molecule has 0 aliphatic heterocycles. The number of amides is 1. The number of Topliss-reactive ketones (excluding diaryl/α,β-unsaturated/α-hetero) is 1. The molecule has 1 atom stereocenters. The van der Waals surface area contributed by atoms with Crippen molar-refractivity contribution in [3.8, 4) is 0 Å². The summed E-state index contributed by atoms with van der Waals surface area (Å²) in [7, 11) is 2.07. The van der Waals surface area contributed by atoms with E-state index in [2.05, 4.69) is 14.8 Å². The molecule has 1 aromatic rings. The lowest BCUT2D eigenvalue weighted by atomic mass is 9.98. The Balaban J connectivity index is 2.96. The van der Waals surface area contributed by atoms with Crippen LogP contribution in [-0.2, 0) is 39.9 Å². The fraction of sp³-hybridized carbons (Fsp3) is 0.500. The Labute approximate surface area is 169 Å². The maximum atomic E-state index is 12.8. The van der Waals surface area contributed by atoms with Gasteiger partial charge in [-0.1, -0.05) is 30.3 Å². The van der Waals surface area contributed by atoms with E-state index in [1.165, 1.54) is 0 Å². The topological polar surface area (TPSA) is 117 Å². The molecule has 1 N–H and O–H groups in total. The molecule has 9 nitrogen and oxygen atoms in total. The molecule has 0 aromatic heterocycles. The van der Waals surface area contributed by atoms with Gasteiger partial charge in [0.05, 0.1) is 27.4 Å². The molecule has 0 aliphatic carbocycles. The van der Waals surface area contributed by atoms with Crippen LogP contribution in [0, 0.1) is 5.92 Å². The second-order valence-corrected chi connectivity index (χ2v) is 7.08. The van der Waals surface area contributed by atoms with Gasteiger partial charge in [0.1, 0.15) is 11.6 Å². The molecule has 0 saturated carbocycles. The number of methoxy groups -OCH3 is 2. The fourth-order valence-electron chi connectivity index (χ4n) is 2.28. The van der Waals surface area contributed by atoms with Gasteiger partial charge in [-0.25, -0.2) is 4.79 Å².